The number of halogens is 1. The van der Waals surface area contributed by atoms with E-state index in [-0.39, 0.29) is 11.7 Å². The highest BCUT2D eigenvalue weighted by molar-refractivity contribution is 9.10. The van der Waals surface area contributed by atoms with E-state index in [0.717, 1.165) is 12.2 Å². The topological polar surface area (TPSA) is 106 Å². The van der Waals surface area contributed by atoms with Gasteiger partial charge in [-0.05, 0) is 53.3 Å². The lowest BCUT2D eigenvalue weighted by Crippen LogP contribution is -2.48. The van der Waals surface area contributed by atoms with Crippen LogP contribution < -0.4 is 20.9 Å². The van der Waals surface area contributed by atoms with Crippen molar-refractivity contribution in [3.63, 3.8) is 0 Å². The van der Waals surface area contributed by atoms with Gasteiger partial charge in [-0.2, -0.15) is 0 Å². The standard InChI is InChI=1S/C15H16BrN3O5S/c1-3-24-13(21)7-6-12(20)17-15(25)19-18-14(22)9-4-5-11(23-2)10(16)8-9/h4-8H,3H2,1-2H3,(H,18,22)(H2,17,19,20,25). The van der Waals surface area contributed by atoms with Crippen LogP contribution in [0.5, 0.6) is 5.75 Å². The van der Waals surface area contributed by atoms with Crippen molar-refractivity contribution in [1.82, 2.24) is 16.2 Å². The monoisotopic (exact) mass is 429 g/mol. The predicted molar refractivity (Wildman–Crippen MR) is 97.8 cm³/mol. The lowest BCUT2D eigenvalue weighted by molar-refractivity contribution is -0.137. The summed E-state index contributed by atoms with van der Waals surface area (Å²) in [5, 5.41) is 2.12. The molecule has 1 rings (SSSR count). The number of hydrogen-bond donors (Lipinski definition) is 3. The van der Waals surface area contributed by atoms with Crippen LogP contribution in [0, 0.1) is 0 Å². The Kier molecular flexibility index (Phi) is 8.57. The molecule has 0 unspecified atom stereocenters. The molecule has 0 radical (unpaired) electrons. The average Bonchev–Trinajstić information content (AvgIpc) is 2.58. The number of hydrazine groups is 1. The molecule has 134 valence electrons. The number of ether oxygens (including phenoxy) is 2. The normalized spacial score (nSPS) is 10.0. The molecule has 0 fully saturated rings. The number of nitrogens with one attached hydrogen (secondary N) is 3. The largest absolute Gasteiger partial charge is 0.496 e. The number of esters is 1. The summed E-state index contributed by atoms with van der Waals surface area (Å²) in [6, 6.07) is 4.75. The van der Waals surface area contributed by atoms with Crippen molar-refractivity contribution in [2.75, 3.05) is 13.7 Å². The van der Waals surface area contributed by atoms with Crippen molar-refractivity contribution in [3.05, 3.63) is 40.4 Å². The van der Waals surface area contributed by atoms with Gasteiger partial charge >= 0.3 is 5.97 Å². The van der Waals surface area contributed by atoms with E-state index in [4.69, 9.17) is 17.0 Å². The summed E-state index contributed by atoms with van der Waals surface area (Å²) in [7, 11) is 1.51. The molecule has 2 amide bonds. The SMILES string of the molecule is CCOC(=O)C=CC(=O)NC(=S)NNC(=O)c1ccc(OC)c(Br)c1. The molecule has 0 aliphatic rings. The third-order valence-electron chi connectivity index (χ3n) is 2.60. The Hall–Kier alpha value is -2.46. The van der Waals surface area contributed by atoms with Crippen LogP contribution >= 0.6 is 28.1 Å². The van der Waals surface area contributed by atoms with E-state index in [1.54, 1.807) is 25.1 Å². The molecule has 0 atom stereocenters. The smallest absolute Gasteiger partial charge is 0.330 e. The Labute approximate surface area is 158 Å². The van der Waals surface area contributed by atoms with E-state index in [2.05, 4.69) is 36.8 Å². The van der Waals surface area contributed by atoms with Crippen LogP contribution in [0.1, 0.15) is 17.3 Å². The second kappa shape index (κ2) is 10.4. The summed E-state index contributed by atoms with van der Waals surface area (Å²) in [4.78, 5) is 34.6. The van der Waals surface area contributed by atoms with Crippen LogP contribution in [-0.4, -0.2) is 36.6 Å². The molecule has 0 saturated carbocycles. The number of methoxy groups -OCH3 is 1. The predicted octanol–water partition coefficient (Wildman–Crippen LogP) is 1.21. The highest BCUT2D eigenvalue weighted by atomic mass is 79.9. The fourth-order valence-corrected chi connectivity index (χ4v) is 2.20. The highest BCUT2D eigenvalue weighted by Crippen LogP contribution is 2.25. The van der Waals surface area contributed by atoms with E-state index < -0.39 is 17.8 Å². The van der Waals surface area contributed by atoms with Gasteiger partial charge in [-0.25, -0.2) is 4.79 Å². The van der Waals surface area contributed by atoms with Crippen molar-refractivity contribution in [2.45, 2.75) is 6.92 Å². The Morgan fingerprint density at radius 1 is 1.24 bits per heavy atom. The van der Waals surface area contributed by atoms with Gasteiger partial charge in [0.15, 0.2) is 5.11 Å². The maximum atomic E-state index is 12.0. The van der Waals surface area contributed by atoms with Crippen molar-refractivity contribution in [1.29, 1.82) is 0 Å². The molecule has 8 nitrogen and oxygen atoms in total. The quantitative estimate of drug-likeness (QED) is 0.279. The Bertz CT molecular complexity index is 708. The maximum Gasteiger partial charge on any atom is 0.330 e. The summed E-state index contributed by atoms with van der Waals surface area (Å²) >= 11 is 8.13. The molecule has 1 aromatic rings. The van der Waals surface area contributed by atoms with Crippen LogP contribution in [0.4, 0.5) is 0 Å². The zero-order valence-electron chi connectivity index (χ0n) is 13.4. The molecule has 10 heteroatoms. The average molecular weight is 430 g/mol. The van der Waals surface area contributed by atoms with Crippen molar-refractivity contribution < 1.29 is 23.9 Å². The van der Waals surface area contributed by atoms with Gasteiger partial charge < -0.3 is 9.47 Å². The number of thiocarbonyl (C=S) groups is 1. The number of rotatable bonds is 5. The molecule has 0 spiro atoms. The Morgan fingerprint density at radius 2 is 1.96 bits per heavy atom. The van der Waals surface area contributed by atoms with E-state index in [1.807, 2.05) is 0 Å². The maximum absolute atomic E-state index is 12.0. The van der Waals surface area contributed by atoms with Crippen molar-refractivity contribution >= 4 is 51.0 Å². The molecule has 0 bridgehead atoms. The van der Waals surface area contributed by atoms with Crippen molar-refractivity contribution in [2.24, 2.45) is 0 Å². The van der Waals surface area contributed by atoms with Gasteiger partial charge in [-0.1, -0.05) is 0 Å². The summed E-state index contributed by atoms with van der Waals surface area (Å²) in [6.07, 6.45) is 1.93. The Balaban J connectivity index is 2.48. The lowest BCUT2D eigenvalue weighted by Gasteiger charge is -2.10. The molecule has 0 heterocycles. The summed E-state index contributed by atoms with van der Waals surface area (Å²) in [5.41, 5.74) is 5.05. The first-order valence-electron chi connectivity index (χ1n) is 6.97. The zero-order valence-corrected chi connectivity index (χ0v) is 15.8. The molecule has 0 saturated heterocycles. The first kappa shape index (κ1) is 20.6. The second-order valence-corrected chi connectivity index (χ2v) is 5.59. The Morgan fingerprint density at radius 3 is 2.56 bits per heavy atom. The van der Waals surface area contributed by atoms with Gasteiger partial charge in [-0.15, -0.1) is 0 Å². The third kappa shape index (κ3) is 7.31. The first-order valence-corrected chi connectivity index (χ1v) is 8.17. The number of hydrogen-bond acceptors (Lipinski definition) is 6. The van der Waals surface area contributed by atoms with Gasteiger partial charge in [0, 0.05) is 17.7 Å². The summed E-state index contributed by atoms with van der Waals surface area (Å²) in [5.74, 6) is -1.18. The lowest BCUT2D eigenvalue weighted by atomic mass is 10.2. The van der Waals surface area contributed by atoms with Crippen molar-refractivity contribution in [3.8, 4) is 5.75 Å². The minimum atomic E-state index is -0.646. The fraction of sp³-hybridized carbons (Fsp3) is 0.200. The van der Waals surface area contributed by atoms with E-state index in [0.29, 0.717) is 15.8 Å². The van der Waals surface area contributed by atoms with Gasteiger partial charge in [0.05, 0.1) is 18.2 Å². The minimum Gasteiger partial charge on any atom is -0.496 e. The molecule has 3 N–H and O–H groups in total. The molecule has 1 aromatic carbocycles. The van der Waals surface area contributed by atoms with Gasteiger partial charge in [0.25, 0.3) is 5.91 Å². The third-order valence-corrected chi connectivity index (χ3v) is 3.42. The second-order valence-electron chi connectivity index (χ2n) is 4.33. The van der Waals surface area contributed by atoms with Crippen LogP contribution in [-0.2, 0) is 14.3 Å². The zero-order chi connectivity index (χ0) is 18.8. The minimum absolute atomic E-state index is 0.139. The molecular formula is C15H16BrN3O5S. The molecule has 0 aromatic heterocycles. The van der Waals surface area contributed by atoms with E-state index in [9.17, 15) is 14.4 Å². The van der Waals surface area contributed by atoms with E-state index in [1.165, 1.54) is 7.11 Å². The number of amides is 2. The highest BCUT2D eigenvalue weighted by Gasteiger charge is 2.09. The van der Waals surface area contributed by atoms with Crippen LogP contribution in [0.2, 0.25) is 0 Å². The molecule has 0 aliphatic carbocycles. The van der Waals surface area contributed by atoms with Crippen LogP contribution in [0.15, 0.2) is 34.8 Å². The summed E-state index contributed by atoms with van der Waals surface area (Å²) in [6.45, 7) is 1.85. The molecule has 0 aliphatic heterocycles. The molecule has 25 heavy (non-hydrogen) atoms. The molecular weight excluding hydrogens is 414 g/mol. The van der Waals surface area contributed by atoms with E-state index >= 15 is 0 Å². The van der Waals surface area contributed by atoms with Gasteiger partial charge in [-0.3, -0.25) is 25.8 Å². The number of carbonyl (C=O) groups excluding carboxylic acids is 3. The number of benzene rings is 1. The van der Waals surface area contributed by atoms with Crippen LogP contribution in [0.25, 0.3) is 0 Å². The van der Waals surface area contributed by atoms with Gasteiger partial charge in [0.1, 0.15) is 5.75 Å². The summed E-state index contributed by atoms with van der Waals surface area (Å²) < 4.78 is 10.3. The van der Waals surface area contributed by atoms with Crippen LogP contribution in [0.3, 0.4) is 0 Å². The number of carbonyl (C=O) groups is 3. The first-order chi connectivity index (χ1) is 11.9. The van der Waals surface area contributed by atoms with Gasteiger partial charge in [0.2, 0.25) is 5.91 Å². The fourth-order valence-electron chi connectivity index (χ4n) is 1.51.